The summed E-state index contributed by atoms with van der Waals surface area (Å²) in [6.07, 6.45) is 9.16. The van der Waals surface area contributed by atoms with Gasteiger partial charge in [0.1, 0.15) is 5.75 Å². The zero-order valence-corrected chi connectivity index (χ0v) is 18.5. The lowest BCUT2D eigenvalue weighted by atomic mass is 9.84. The molecule has 1 saturated carbocycles. The van der Waals surface area contributed by atoms with Crippen molar-refractivity contribution in [2.45, 2.75) is 70.3 Å². The minimum absolute atomic E-state index is 0.0241. The second-order valence-corrected chi connectivity index (χ2v) is 8.36. The van der Waals surface area contributed by atoms with Crippen LogP contribution in [0.25, 0.3) is 0 Å². The Morgan fingerprint density at radius 2 is 1.97 bits per heavy atom. The fraction of sp³-hybridized carbons (Fsp3) is 0.565. The average molecular weight is 445 g/mol. The minimum atomic E-state index is -0.517. The van der Waals surface area contributed by atoms with Gasteiger partial charge >= 0.3 is 0 Å². The maximum Gasteiger partial charge on any atom is 0.292 e. The maximum absolute atomic E-state index is 12.4. The van der Waals surface area contributed by atoms with Crippen LogP contribution in [0.1, 0.15) is 85.8 Å². The summed E-state index contributed by atoms with van der Waals surface area (Å²) in [5.41, 5.74) is 2.57. The highest BCUT2D eigenvalue weighted by molar-refractivity contribution is 5.90. The number of ether oxygens (including phenoxy) is 1. The molecule has 2 amide bonds. The van der Waals surface area contributed by atoms with Crippen LogP contribution < -0.4 is 15.5 Å². The molecule has 3 rings (SSSR count). The van der Waals surface area contributed by atoms with Gasteiger partial charge in [-0.3, -0.25) is 14.8 Å². The number of hydrogen-bond donors (Lipinski definition) is 3. The molecule has 1 heterocycles. The average Bonchev–Trinajstić information content (AvgIpc) is 3.33. The van der Waals surface area contributed by atoms with Crippen molar-refractivity contribution < 1.29 is 24.1 Å². The first kappa shape index (κ1) is 23.7. The van der Waals surface area contributed by atoms with E-state index in [1.165, 1.54) is 32.1 Å². The molecule has 0 aliphatic heterocycles. The second-order valence-electron chi connectivity index (χ2n) is 8.36. The van der Waals surface area contributed by atoms with Gasteiger partial charge in [-0.05, 0) is 30.0 Å². The van der Waals surface area contributed by atoms with Crippen LogP contribution in [-0.4, -0.2) is 34.3 Å². The third-order valence-corrected chi connectivity index (χ3v) is 6.05. The highest BCUT2D eigenvalue weighted by atomic mass is 16.5. The lowest BCUT2D eigenvalue weighted by Crippen LogP contribution is -2.24. The summed E-state index contributed by atoms with van der Waals surface area (Å²) in [6.45, 7) is 0.310. The molecule has 1 aromatic carbocycles. The molecule has 0 spiro atoms. The molecule has 0 saturated heterocycles. The Morgan fingerprint density at radius 1 is 1.22 bits per heavy atom. The molecule has 9 heteroatoms. The number of nitrogens with one attached hydrogen (secondary N) is 2. The van der Waals surface area contributed by atoms with Crippen molar-refractivity contribution in [1.82, 2.24) is 20.9 Å². The predicted octanol–water partition coefficient (Wildman–Crippen LogP) is 3.74. The highest BCUT2D eigenvalue weighted by Gasteiger charge is 2.25. The van der Waals surface area contributed by atoms with E-state index in [1.807, 2.05) is 24.3 Å². The van der Waals surface area contributed by atoms with E-state index in [1.54, 1.807) is 12.6 Å². The summed E-state index contributed by atoms with van der Waals surface area (Å²) in [5, 5.41) is 15.5. The van der Waals surface area contributed by atoms with Crippen molar-refractivity contribution >= 4 is 11.8 Å². The third-order valence-electron chi connectivity index (χ3n) is 6.05. The Balaban J connectivity index is 1.55. The molecule has 1 atom stereocenters. The van der Waals surface area contributed by atoms with Crippen LogP contribution >= 0.6 is 0 Å². The zero-order valence-electron chi connectivity index (χ0n) is 18.5. The van der Waals surface area contributed by atoms with Crippen molar-refractivity contribution in [3.05, 3.63) is 41.5 Å². The summed E-state index contributed by atoms with van der Waals surface area (Å²) in [5.74, 6) is 0.325. The number of methoxy groups -OCH3 is 1. The van der Waals surface area contributed by atoms with Crippen LogP contribution in [0.5, 0.6) is 5.75 Å². The Morgan fingerprint density at radius 3 is 2.66 bits per heavy atom. The van der Waals surface area contributed by atoms with Gasteiger partial charge in [-0.1, -0.05) is 62.2 Å². The normalized spacial score (nSPS) is 15.2. The molecule has 32 heavy (non-hydrogen) atoms. The summed E-state index contributed by atoms with van der Waals surface area (Å²) < 4.78 is 10.4. The van der Waals surface area contributed by atoms with Crippen molar-refractivity contribution in [3.63, 3.8) is 0 Å². The lowest BCUT2D eigenvalue weighted by Gasteiger charge is -2.22. The first-order chi connectivity index (χ1) is 15.6. The van der Waals surface area contributed by atoms with E-state index >= 15 is 0 Å². The second kappa shape index (κ2) is 12.2. The molecule has 174 valence electrons. The fourth-order valence-corrected chi connectivity index (χ4v) is 4.21. The molecular formula is C23H32N4O5. The monoisotopic (exact) mass is 444 g/mol. The first-order valence-corrected chi connectivity index (χ1v) is 11.3. The summed E-state index contributed by atoms with van der Waals surface area (Å²) in [7, 11) is 1.60. The van der Waals surface area contributed by atoms with E-state index in [9.17, 15) is 9.59 Å². The van der Waals surface area contributed by atoms with Crippen molar-refractivity contribution in [2.75, 3.05) is 7.11 Å². The van der Waals surface area contributed by atoms with Crippen LogP contribution in [0.3, 0.4) is 0 Å². The Hall–Kier alpha value is -2.94. The highest BCUT2D eigenvalue weighted by Crippen LogP contribution is 2.31. The summed E-state index contributed by atoms with van der Waals surface area (Å²) >= 11 is 0. The molecular weight excluding hydrogens is 412 g/mol. The molecule has 2 aromatic rings. The standard InChI is InChI=1S/C23H32N4O5/c1-31-19-12-10-17(11-13-19)15-24-22(29)21-25-23(32-27-21)18(14-20(28)26-30)9-5-8-16-6-3-2-4-7-16/h10-13,16,18,30H,2-9,14-15H2,1H3,(H,24,29)(H,26,28). The van der Waals surface area contributed by atoms with Crippen molar-refractivity contribution in [3.8, 4) is 5.75 Å². The number of rotatable bonds is 11. The van der Waals surface area contributed by atoms with E-state index in [0.717, 1.165) is 30.1 Å². The number of nitrogens with zero attached hydrogens (tertiary/aromatic N) is 2. The summed E-state index contributed by atoms with van der Waals surface area (Å²) in [6, 6.07) is 7.35. The number of amides is 2. The van der Waals surface area contributed by atoms with Gasteiger partial charge < -0.3 is 14.6 Å². The first-order valence-electron chi connectivity index (χ1n) is 11.3. The number of aromatic nitrogens is 2. The molecule has 3 N–H and O–H groups in total. The Kier molecular flexibility index (Phi) is 9.03. The van der Waals surface area contributed by atoms with Gasteiger partial charge in [0.25, 0.3) is 11.7 Å². The smallest absolute Gasteiger partial charge is 0.292 e. The SMILES string of the molecule is COc1ccc(CNC(=O)c2noc(C(CCCC3CCCCC3)CC(=O)NO)n2)cc1. The molecule has 1 aliphatic carbocycles. The molecule has 0 radical (unpaired) electrons. The van der Waals surface area contributed by atoms with Gasteiger partial charge in [-0.15, -0.1) is 0 Å². The lowest BCUT2D eigenvalue weighted by molar-refractivity contribution is -0.129. The van der Waals surface area contributed by atoms with Gasteiger partial charge in [0.15, 0.2) is 0 Å². The van der Waals surface area contributed by atoms with E-state index in [0.29, 0.717) is 13.0 Å². The van der Waals surface area contributed by atoms with E-state index in [4.69, 9.17) is 14.5 Å². The predicted molar refractivity (Wildman–Crippen MR) is 116 cm³/mol. The molecule has 1 aromatic heterocycles. The quantitative estimate of drug-likeness (QED) is 0.356. The number of carbonyl (C=O) groups is 2. The minimum Gasteiger partial charge on any atom is -0.497 e. The molecule has 1 aliphatic rings. The van der Waals surface area contributed by atoms with E-state index in [-0.39, 0.29) is 24.1 Å². The number of hydrogen-bond acceptors (Lipinski definition) is 7. The summed E-state index contributed by atoms with van der Waals surface area (Å²) in [4.78, 5) is 28.4. The third kappa shape index (κ3) is 7.05. The largest absolute Gasteiger partial charge is 0.497 e. The zero-order chi connectivity index (χ0) is 22.8. The van der Waals surface area contributed by atoms with Gasteiger partial charge in [0.05, 0.1) is 7.11 Å². The number of carbonyl (C=O) groups excluding carboxylic acids is 2. The number of benzene rings is 1. The molecule has 1 fully saturated rings. The van der Waals surface area contributed by atoms with Gasteiger partial charge in [-0.2, -0.15) is 4.98 Å². The Bertz CT molecular complexity index is 862. The van der Waals surface area contributed by atoms with Crippen molar-refractivity contribution in [2.24, 2.45) is 5.92 Å². The maximum atomic E-state index is 12.4. The van der Waals surface area contributed by atoms with E-state index in [2.05, 4.69) is 15.5 Å². The van der Waals surface area contributed by atoms with Gasteiger partial charge in [-0.25, -0.2) is 5.48 Å². The van der Waals surface area contributed by atoms with Crippen LogP contribution in [-0.2, 0) is 11.3 Å². The van der Waals surface area contributed by atoms with Crippen LogP contribution in [0.2, 0.25) is 0 Å². The number of hydroxylamine groups is 1. The van der Waals surface area contributed by atoms with Crippen LogP contribution in [0.15, 0.2) is 28.8 Å². The Labute approximate surface area is 187 Å². The molecule has 1 unspecified atom stereocenters. The van der Waals surface area contributed by atoms with E-state index < -0.39 is 11.8 Å². The van der Waals surface area contributed by atoms with Crippen LogP contribution in [0.4, 0.5) is 0 Å². The topological polar surface area (TPSA) is 127 Å². The van der Waals surface area contributed by atoms with Crippen molar-refractivity contribution in [1.29, 1.82) is 0 Å². The molecule has 0 bridgehead atoms. The fourth-order valence-electron chi connectivity index (χ4n) is 4.21. The van der Waals surface area contributed by atoms with Gasteiger partial charge in [0.2, 0.25) is 11.8 Å². The molecule has 9 nitrogen and oxygen atoms in total. The van der Waals surface area contributed by atoms with Gasteiger partial charge in [0, 0.05) is 18.9 Å². The van der Waals surface area contributed by atoms with Crippen LogP contribution in [0, 0.1) is 5.92 Å².